The highest BCUT2D eigenvalue weighted by Crippen LogP contribution is 2.54. The summed E-state index contributed by atoms with van der Waals surface area (Å²) in [6.45, 7) is 1.57. The van der Waals surface area contributed by atoms with E-state index in [9.17, 15) is 4.79 Å². The van der Waals surface area contributed by atoms with Gasteiger partial charge in [0.1, 0.15) is 10.7 Å². The lowest BCUT2D eigenvalue weighted by atomic mass is 9.97. The molecule has 2 nitrogen and oxygen atoms in total. The summed E-state index contributed by atoms with van der Waals surface area (Å²) >= 11 is 1.61. The van der Waals surface area contributed by atoms with Gasteiger partial charge in [-0.05, 0) is 18.4 Å². The summed E-state index contributed by atoms with van der Waals surface area (Å²) in [5, 5.41) is 2.97. The summed E-state index contributed by atoms with van der Waals surface area (Å²) in [5.74, 6) is 0.0522. The first-order valence-corrected chi connectivity index (χ1v) is 6.63. The van der Waals surface area contributed by atoms with Gasteiger partial charge in [0, 0.05) is 17.7 Å². The maximum Gasteiger partial charge on any atom is 0.178 e. The van der Waals surface area contributed by atoms with Gasteiger partial charge in [0.05, 0.1) is 0 Å². The van der Waals surface area contributed by atoms with Gasteiger partial charge in [0.15, 0.2) is 5.78 Å². The zero-order valence-electron chi connectivity index (χ0n) is 9.64. The fourth-order valence-corrected chi connectivity index (χ4v) is 3.30. The van der Waals surface area contributed by atoms with Crippen molar-refractivity contribution in [2.45, 2.75) is 25.2 Å². The molecule has 0 spiro atoms. The number of ketones is 1. The zero-order valence-corrected chi connectivity index (χ0v) is 10.5. The summed E-state index contributed by atoms with van der Waals surface area (Å²) in [5.41, 5.74) is 2.02. The zero-order chi connectivity index (χ0) is 11.9. The van der Waals surface area contributed by atoms with E-state index in [2.05, 4.69) is 29.2 Å². The van der Waals surface area contributed by atoms with Gasteiger partial charge in [-0.1, -0.05) is 30.3 Å². The van der Waals surface area contributed by atoms with Crippen molar-refractivity contribution in [1.29, 1.82) is 0 Å². The fourth-order valence-electron chi connectivity index (χ4n) is 2.16. The SMILES string of the molecule is CC(=O)c1csc(C2(c3ccccc3)CC2)n1. The van der Waals surface area contributed by atoms with Crippen molar-refractivity contribution in [1.82, 2.24) is 4.98 Å². The van der Waals surface area contributed by atoms with Gasteiger partial charge in [-0.25, -0.2) is 4.98 Å². The van der Waals surface area contributed by atoms with Gasteiger partial charge in [0.2, 0.25) is 0 Å². The Morgan fingerprint density at radius 1 is 1.29 bits per heavy atom. The summed E-state index contributed by atoms with van der Waals surface area (Å²) < 4.78 is 0. The van der Waals surface area contributed by atoms with E-state index in [0.29, 0.717) is 5.69 Å². The van der Waals surface area contributed by atoms with Gasteiger partial charge in [-0.2, -0.15) is 0 Å². The largest absolute Gasteiger partial charge is 0.293 e. The van der Waals surface area contributed by atoms with Gasteiger partial charge in [0.25, 0.3) is 0 Å². The highest BCUT2D eigenvalue weighted by molar-refractivity contribution is 7.10. The topological polar surface area (TPSA) is 30.0 Å². The average Bonchev–Trinajstić information content (AvgIpc) is 3.00. The Bertz CT molecular complexity index is 555. The molecule has 0 amide bonds. The van der Waals surface area contributed by atoms with Crippen molar-refractivity contribution >= 4 is 17.1 Å². The predicted octanol–water partition coefficient (Wildman–Crippen LogP) is 3.43. The van der Waals surface area contributed by atoms with E-state index in [1.165, 1.54) is 5.56 Å². The lowest BCUT2D eigenvalue weighted by molar-refractivity contribution is 0.101. The van der Waals surface area contributed by atoms with Crippen molar-refractivity contribution in [2.75, 3.05) is 0 Å². The van der Waals surface area contributed by atoms with Crippen LogP contribution in [0, 0.1) is 0 Å². The summed E-state index contributed by atoms with van der Waals surface area (Å²) in [4.78, 5) is 15.8. The molecular formula is C14H13NOS. The molecule has 0 bridgehead atoms. The maximum absolute atomic E-state index is 11.3. The standard InChI is InChI=1S/C14H13NOS/c1-10(16)12-9-17-13(15-12)14(7-8-14)11-5-3-2-4-6-11/h2-6,9H,7-8H2,1H3. The normalized spacial score (nSPS) is 16.8. The second-order valence-corrected chi connectivity index (χ2v) is 5.40. The van der Waals surface area contributed by atoms with Crippen molar-refractivity contribution in [2.24, 2.45) is 0 Å². The van der Waals surface area contributed by atoms with E-state index in [1.807, 2.05) is 11.4 Å². The molecule has 1 aliphatic rings. The van der Waals surface area contributed by atoms with Crippen LogP contribution in [0.1, 0.15) is 40.8 Å². The lowest BCUT2D eigenvalue weighted by Crippen LogP contribution is -2.08. The Morgan fingerprint density at radius 3 is 2.53 bits per heavy atom. The summed E-state index contributed by atoms with van der Waals surface area (Å²) in [6.07, 6.45) is 2.28. The molecule has 1 fully saturated rings. The molecule has 86 valence electrons. The van der Waals surface area contributed by atoms with Crippen molar-refractivity contribution in [3.05, 3.63) is 52.0 Å². The summed E-state index contributed by atoms with van der Waals surface area (Å²) in [7, 11) is 0. The van der Waals surface area contributed by atoms with E-state index in [1.54, 1.807) is 18.3 Å². The Labute approximate surface area is 104 Å². The Morgan fingerprint density at radius 2 is 2.00 bits per heavy atom. The van der Waals surface area contributed by atoms with Crippen LogP contribution < -0.4 is 0 Å². The smallest absolute Gasteiger partial charge is 0.178 e. The number of hydrogen-bond acceptors (Lipinski definition) is 3. The molecule has 0 N–H and O–H groups in total. The van der Waals surface area contributed by atoms with Crippen LogP contribution in [0.3, 0.4) is 0 Å². The van der Waals surface area contributed by atoms with Gasteiger partial charge in [-0.3, -0.25) is 4.79 Å². The average molecular weight is 243 g/mol. The van der Waals surface area contributed by atoms with E-state index < -0.39 is 0 Å². The van der Waals surface area contributed by atoms with Crippen molar-refractivity contribution in [3.8, 4) is 0 Å². The van der Waals surface area contributed by atoms with E-state index >= 15 is 0 Å². The number of aromatic nitrogens is 1. The first-order valence-electron chi connectivity index (χ1n) is 5.75. The van der Waals surface area contributed by atoms with E-state index in [4.69, 9.17) is 0 Å². The molecule has 1 aliphatic carbocycles. The molecule has 2 aromatic rings. The third-order valence-corrected chi connectivity index (χ3v) is 4.40. The van der Waals surface area contributed by atoms with Crippen molar-refractivity contribution in [3.63, 3.8) is 0 Å². The highest BCUT2D eigenvalue weighted by Gasteiger charge is 2.48. The molecule has 0 radical (unpaired) electrons. The molecule has 0 atom stereocenters. The molecule has 17 heavy (non-hydrogen) atoms. The number of benzene rings is 1. The van der Waals surface area contributed by atoms with E-state index in [0.717, 1.165) is 17.8 Å². The first-order chi connectivity index (χ1) is 8.22. The van der Waals surface area contributed by atoms with Crippen LogP contribution in [0.15, 0.2) is 35.7 Å². The van der Waals surface area contributed by atoms with Crippen LogP contribution in [-0.4, -0.2) is 10.8 Å². The highest BCUT2D eigenvalue weighted by atomic mass is 32.1. The van der Waals surface area contributed by atoms with Crippen LogP contribution in [0.25, 0.3) is 0 Å². The molecule has 1 aromatic carbocycles. The van der Waals surface area contributed by atoms with E-state index in [-0.39, 0.29) is 11.2 Å². The molecule has 0 saturated heterocycles. The molecule has 0 unspecified atom stereocenters. The molecular weight excluding hydrogens is 230 g/mol. The molecule has 3 rings (SSSR count). The number of thiazole rings is 1. The number of hydrogen-bond donors (Lipinski definition) is 0. The maximum atomic E-state index is 11.3. The van der Waals surface area contributed by atoms with Crippen LogP contribution >= 0.6 is 11.3 Å². The van der Waals surface area contributed by atoms with Crippen molar-refractivity contribution < 1.29 is 4.79 Å². The third-order valence-electron chi connectivity index (χ3n) is 3.35. The van der Waals surface area contributed by atoms with Gasteiger partial charge in [-0.15, -0.1) is 11.3 Å². The second kappa shape index (κ2) is 3.77. The summed E-state index contributed by atoms with van der Waals surface area (Å²) in [6, 6.07) is 10.5. The lowest BCUT2D eigenvalue weighted by Gasteiger charge is -2.11. The molecule has 0 aliphatic heterocycles. The molecule has 1 aromatic heterocycles. The number of Topliss-reactive ketones (excluding diaryl/α,β-unsaturated/α-hetero) is 1. The molecule has 1 saturated carbocycles. The Kier molecular flexibility index (Phi) is 2.37. The third kappa shape index (κ3) is 1.71. The number of carbonyl (C=O) groups is 1. The molecule has 3 heteroatoms. The molecule has 1 heterocycles. The Hall–Kier alpha value is -1.48. The predicted molar refractivity (Wildman–Crippen MR) is 68.6 cm³/mol. The van der Waals surface area contributed by atoms with Gasteiger partial charge < -0.3 is 0 Å². The second-order valence-electron chi connectivity index (χ2n) is 4.54. The minimum atomic E-state index is 0.0522. The fraction of sp³-hybridized carbons (Fsp3) is 0.286. The number of rotatable bonds is 3. The minimum Gasteiger partial charge on any atom is -0.293 e. The first kappa shape index (κ1) is 10.7. The van der Waals surface area contributed by atoms with Crippen LogP contribution in [-0.2, 0) is 5.41 Å². The monoisotopic (exact) mass is 243 g/mol. The van der Waals surface area contributed by atoms with Gasteiger partial charge >= 0.3 is 0 Å². The van der Waals surface area contributed by atoms with Crippen LogP contribution in [0.5, 0.6) is 0 Å². The quantitative estimate of drug-likeness (QED) is 0.773. The number of nitrogens with zero attached hydrogens (tertiary/aromatic N) is 1. The number of carbonyl (C=O) groups excluding carboxylic acids is 1. The van der Waals surface area contributed by atoms with Crippen LogP contribution in [0.2, 0.25) is 0 Å². The minimum absolute atomic E-state index is 0.0522. The Balaban J connectivity index is 2.01. The van der Waals surface area contributed by atoms with Crippen LogP contribution in [0.4, 0.5) is 0 Å².